The fourth-order valence-electron chi connectivity index (χ4n) is 4.55. The Kier molecular flexibility index (Phi) is 14.5. The summed E-state index contributed by atoms with van der Waals surface area (Å²) in [6, 6.07) is 43.9. The summed E-state index contributed by atoms with van der Waals surface area (Å²) in [5.74, 6) is 0.349. The SMILES string of the molecule is [C-]1=CC=CCC1.[Sm+3].[c-]1ccc(Cc2ccc(C(C3=CC=CCC3)c3ccccc3)cc2)cc1.[c-]1ccccc1. The molecule has 1 unspecified atom stereocenters. The van der Waals surface area contributed by atoms with Gasteiger partial charge < -0.3 is 0 Å². The van der Waals surface area contributed by atoms with Crippen LogP contribution in [0.4, 0.5) is 0 Å². The van der Waals surface area contributed by atoms with Crippen LogP contribution in [0.25, 0.3) is 0 Å². The first-order chi connectivity index (χ1) is 18.9. The van der Waals surface area contributed by atoms with Gasteiger partial charge in [-0.1, -0.05) is 84.8 Å². The molecule has 4 aromatic carbocycles. The molecule has 0 nitrogen and oxygen atoms in total. The van der Waals surface area contributed by atoms with Crippen LogP contribution in [0.1, 0.15) is 53.9 Å². The third-order valence-electron chi connectivity index (χ3n) is 6.47. The van der Waals surface area contributed by atoms with Crippen molar-refractivity contribution in [3.8, 4) is 0 Å². The summed E-state index contributed by atoms with van der Waals surface area (Å²) >= 11 is 0. The predicted molar refractivity (Wildman–Crippen MR) is 161 cm³/mol. The van der Waals surface area contributed by atoms with Crippen molar-refractivity contribution < 1.29 is 40.4 Å². The number of benzene rings is 4. The van der Waals surface area contributed by atoms with Gasteiger partial charge in [0.15, 0.2) is 0 Å². The van der Waals surface area contributed by atoms with Gasteiger partial charge in [0.2, 0.25) is 0 Å². The minimum atomic E-state index is 0. The Labute approximate surface area is 268 Å². The molecule has 1 atom stereocenters. The third-order valence-corrected chi connectivity index (χ3v) is 6.47. The van der Waals surface area contributed by atoms with E-state index in [0.29, 0.717) is 5.92 Å². The number of hydrogen-bond acceptors (Lipinski definition) is 0. The molecule has 193 valence electrons. The van der Waals surface area contributed by atoms with Crippen molar-refractivity contribution in [3.63, 3.8) is 0 Å². The van der Waals surface area contributed by atoms with E-state index in [1.165, 1.54) is 34.2 Å². The molecule has 0 fully saturated rings. The van der Waals surface area contributed by atoms with Crippen molar-refractivity contribution in [3.05, 3.63) is 192 Å². The summed E-state index contributed by atoms with van der Waals surface area (Å²) in [6.07, 6.45) is 21.5. The van der Waals surface area contributed by atoms with Crippen molar-refractivity contribution in [1.82, 2.24) is 0 Å². The molecule has 0 bridgehead atoms. The van der Waals surface area contributed by atoms with Crippen LogP contribution in [-0.2, 0) is 6.42 Å². The van der Waals surface area contributed by atoms with Gasteiger partial charge in [0.05, 0.1) is 0 Å². The first-order valence-corrected chi connectivity index (χ1v) is 13.5. The molecule has 0 aromatic heterocycles. The number of rotatable bonds is 5. The maximum Gasteiger partial charge on any atom is 3.00 e. The van der Waals surface area contributed by atoms with Gasteiger partial charge in [-0.3, -0.25) is 6.08 Å². The zero-order chi connectivity index (χ0) is 26.1. The topological polar surface area (TPSA) is 0 Å². The van der Waals surface area contributed by atoms with Gasteiger partial charge in [0.25, 0.3) is 0 Å². The average Bonchev–Trinajstić information content (AvgIpc) is 3.02. The second-order valence-electron chi connectivity index (χ2n) is 9.29. The predicted octanol–water partition coefficient (Wildman–Crippen LogP) is 9.67. The Hall–Kier alpha value is -2.82. The van der Waals surface area contributed by atoms with Crippen molar-refractivity contribution in [1.29, 1.82) is 0 Å². The number of hydrogen-bond donors (Lipinski definition) is 0. The normalized spacial score (nSPS) is 13.9. The van der Waals surface area contributed by atoms with Gasteiger partial charge in [-0.15, -0.1) is 6.42 Å². The van der Waals surface area contributed by atoms with Crippen LogP contribution in [-0.4, -0.2) is 0 Å². The van der Waals surface area contributed by atoms with Crippen LogP contribution in [0.15, 0.2) is 151 Å². The van der Waals surface area contributed by atoms with Crippen molar-refractivity contribution in [2.75, 3.05) is 0 Å². The Balaban J connectivity index is 0.000000266. The van der Waals surface area contributed by atoms with Gasteiger partial charge >= 0.3 is 40.4 Å². The van der Waals surface area contributed by atoms with E-state index >= 15 is 0 Å². The van der Waals surface area contributed by atoms with E-state index in [9.17, 15) is 0 Å². The second-order valence-corrected chi connectivity index (χ2v) is 9.29. The van der Waals surface area contributed by atoms with Crippen LogP contribution < -0.4 is 0 Å². The van der Waals surface area contributed by atoms with E-state index in [4.69, 9.17) is 0 Å². The standard InChI is InChI=1S/C26H23.C6H7.C6H5.Sm/c1-4-10-21(11-5-1)20-22-16-18-25(19-17-22)26(23-12-6-2-7-13-23)24-14-8-3-9-15-24;2*1-2-4-6-5-3-1;/h2-8,10-14,16-19,26H,9,15,20H2;1-3H,4,6H2;1-5H;/q3*-1;+3. The Morgan fingerprint density at radius 2 is 1.26 bits per heavy atom. The molecule has 4 aromatic rings. The van der Waals surface area contributed by atoms with Gasteiger partial charge in [-0.25, -0.2) is 12.2 Å². The fourth-order valence-corrected chi connectivity index (χ4v) is 4.55. The van der Waals surface area contributed by atoms with Crippen molar-refractivity contribution >= 4 is 0 Å². The molecule has 1 radical (unpaired) electrons. The zero-order valence-corrected chi connectivity index (χ0v) is 25.0. The maximum atomic E-state index is 3.09. The molecule has 0 heterocycles. The molecule has 39 heavy (non-hydrogen) atoms. The molecule has 0 spiro atoms. The third kappa shape index (κ3) is 11.1. The van der Waals surface area contributed by atoms with Gasteiger partial charge in [0.1, 0.15) is 0 Å². The minimum absolute atomic E-state index is 0. The first-order valence-electron chi connectivity index (χ1n) is 13.5. The minimum Gasteiger partial charge on any atom is -0.275 e. The van der Waals surface area contributed by atoms with Crippen LogP contribution in [0.2, 0.25) is 0 Å². The fraction of sp³-hybridized carbons (Fsp3) is 0.158. The molecular formula is C38H35Sm. The van der Waals surface area contributed by atoms with E-state index in [-0.39, 0.29) is 40.4 Å². The summed E-state index contributed by atoms with van der Waals surface area (Å²) in [4.78, 5) is 0. The molecular weight excluding hydrogens is 607 g/mol. The largest absolute Gasteiger partial charge is 3.00 e. The first kappa shape index (κ1) is 30.7. The average molecular weight is 642 g/mol. The summed E-state index contributed by atoms with van der Waals surface area (Å²) in [5, 5.41) is 0. The summed E-state index contributed by atoms with van der Waals surface area (Å²) in [5.41, 5.74) is 6.94. The van der Waals surface area contributed by atoms with Crippen molar-refractivity contribution in [2.45, 2.75) is 38.0 Å². The summed E-state index contributed by atoms with van der Waals surface area (Å²) in [7, 11) is 0. The second kappa shape index (κ2) is 18.5. The zero-order valence-electron chi connectivity index (χ0n) is 22.4. The number of allylic oxidation sites excluding steroid dienone is 8. The Bertz CT molecular complexity index is 1260. The van der Waals surface area contributed by atoms with Crippen LogP contribution in [0, 0.1) is 58.6 Å². The van der Waals surface area contributed by atoms with Gasteiger partial charge in [-0.05, 0) is 36.0 Å². The summed E-state index contributed by atoms with van der Waals surface area (Å²) in [6.45, 7) is 0. The molecule has 0 N–H and O–H groups in total. The van der Waals surface area contributed by atoms with E-state index in [0.717, 1.165) is 25.7 Å². The smallest absolute Gasteiger partial charge is 0.275 e. The molecule has 0 aliphatic heterocycles. The molecule has 1 heteroatoms. The molecule has 2 aliphatic carbocycles. The molecule has 0 saturated carbocycles. The van der Waals surface area contributed by atoms with Crippen LogP contribution >= 0.6 is 0 Å². The van der Waals surface area contributed by atoms with Crippen LogP contribution in [0.3, 0.4) is 0 Å². The molecule has 6 rings (SSSR count). The molecule has 0 amide bonds. The van der Waals surface area contributed by atoms with E-state index in [2.05, 4.69) is 109 Å². The summed E-state index contributed by atoms with van der Waals surface area (Å²) < 4.78 is 0. The molecule has 0 saturated heterocycles. The van der Waals surface area contributed by atoms with Crippen LogP contribution in [0.5, 0.6) is 0 Å². The molecule has 2 aliphatic rings. The Morgan fingerprint density at radius 1 is 0.615 bits per heavy atom. The van der Waals surface area contributed by atoms with Gasteiger partial charge in [-0.2, -0.15) is 78.4 Å². The van der Waals surface area contributed by atoms with E-state index < -0.39 is 0 Å². The monoisotopic (exact) mass is 643 g/mol. The Morgan fingerprint density at radius 3 is 1.77 bits per heavy atom. The van der Waals surface area contributed by atoms with Gasteiger partial charge in [0, 0.05) is 5.92 Å². The van der Waals surface area contributed by atoms with Crippen molar-refractivity contribution in [2.24, 2.45) is 0 Å². The maximum absolute atomic E-state index is 3.09. The quantitative estimate of drug-likeness (QED) is 0.190. The van der Waals surface area contributed by atoms with E-state index in [1.807, 2.05) is 54.6 Å². The van der Waals surface area contributed by atoms with E-state index in [1.54, 1.807) is 0 Å².